The summed E-state index contributed by atoms with van der Waals surface area (Å²) in [4.78, 5) is 32.1. The van der Waals surface area contributed by atoms with Crippen molar-refractivity contribution >= 4 is 29.0 Å². The van der Waals surface area contributed by atoms with Crippen LogP contribution in [0.5, 0.6) is 0 Å². The molecule has 0 aliphatic heterocycles. The van der Waals surface area contributed by atoms with Crippen molar-refractivity contribution in [2.45, 2.75) is 5.38 Å². The number of alkyl halides is 1. The molecule has 0 bridgehead atoms. The number of halogens is 1. The van der Waals surface area contributed by atoms with Crippen molar-refractivity contribution in [3.05, 3.63) is 39.9 Å². The second-order valence-electron chi connectivity index (χ2n) is 3.07. The lowest BCUT2D eigenvalue weighted by Crippen LogP contribution is -2.20. The van der Waals surface area contributed by atoms with E-state index in [4.69, 9.17) is 11.6 Å². The molecule has 0 N–H and O–H groups in total. The van der Waals surface area contributed by atoms with Gasteiger partial charge in [-0.25, -0.2) is 4.79 Å². The van der Waals surface area contributed by atoms with E-state index in [1.807, 2.05) is 0 Å². The highest BCUT2D eigenvalue weighted by atomic mass is 35.5. The maximum Gasteiger partial charge on any atom is 0.376 e. The molecular weight excluding hydrogens is 250 g/mol. The number of nitro groups is 1. The van der Waals surface area contributed by atoms with E-state index in [0.717, 1.165) is 7.11 Å². The van der Waals surface area contributed by atoms with Crippen LogP contribution in [-0.2, 0) is 14.3 Å². The van der Waals surface area contributed by atoms with Crippen LogP contribution < -0.4 is 0 Å². The van der Waals surface area contributed by atoms with E-state index in [-0.39, 0.29) is 5.69 Å². The van der Waals surface area contributed by atoms with Gasteiger partial charge in [0.15, 0.2) is 0 Å². The largest absolute Gasteiger partial charge is 0.463 e. The molecule has 1 unspecified atom stereocenters. The fourth-order valence-electron chi connectivity index (χ4n) is 1.12. The maximum absolute atomic E-state index is 11.4. The molecule has 1 atom stereocenters. The highest BCUT2D eigenvalue weighted by Gasteiger charge is 2.25. The maximum atomic E-state index is 11.4. The molecule has 0 amide bonds. The lowest BCUT2D eigenvalue weighted by molar-refractivity contribution is -0.384. The molecule has 0 aliphatic carbocycles. The van der Waals surface area contributed by atoms with Gasteiger partial charge in [-0.3, -0.25) is 14.9 Å². The molecule has 0 fully saturated rings. The Bertz CT molecular complexity index is 456. The van der Waals surface area contributed by atoms with Crippen molar-refractivity contribution in [1.29, 1.82) is 0 Å². The SMILES string of the molecule is COC(=O)C(=O)C(Cl)c1ccc([N+](=O)[O-])cc1. The average Bonchev–Trinajstić information content (AvgIpc) is 2.36. The number of hydrogen-bond donors (Lipinski definition) is 0. The van der Waals surface area contributed by atoms with Crippen molar-refractivity contribution < 1.29 is 19.2 Å². The summed E-state index contributed by atoms with van der Waals surface area (Å²) < 4.78 is 4.24. The topological polar surface area (TPSA) is 86.5 Å². The summed E-state index contributed by atoms with van der Waals surface area (Å²) in [6.07, 6.45) is 0. The molecule has 1 rings (SSSR count). The molecule has 0 aromatic heterocycles. The van der Waals surface area contributed by atoms with Gasteiger partial charge < -0.3 is 4.74 Å². The standard InChI is InChI=1S/C10H8ClNO5/c1-17-10(14)9(13)8(11)6-2-4-7(5-3-6)12(15)16/h2-5,8H,1H3. The molecule has 17 heavy (non-hydrogen) atoms. The molecular formula is C10H8ClNO5. The van der Waals surface area contributed by atoms with Gasteiger partial charge in [0, 0.05) is 12.1 Å². The summed E-state index contributed by atoms with van der Waals surface area (Å²) >= 11 is 5.74. The Morgan fingerprint density at radius 1 is 1.35 bits per heavy atom. The molecule has 0 heterocycles. The lowest BCUT2D eigenvalue weighted by atomic mass is 10.1. The Hall–Kier alpha value is -1.95. The number of ketones is 1. The van der Waals surface area contributed by atoms with E-state index < -0.39 is 22.1 Å². The Morgan fingerprint density at radius 2 is 1.88 bits per heavy atom. The number of non-ortho nitro benzene ring substituents is 1. The molecule has 90 valence electrons. The van der Waals surface area contributed by atoms with Crippen molar-refractivity contribution in [3.8, 4) is 0 Å². The third kappa shape index (κ3) is 3.01. The third-order valence-electron chi connectivity index (χ3n) is 2.01. The van der Waals surface area contributed by atoms with Crippen molar-refractivity contribution in [2.75, 3.05) is 7.11 Å². The van der Waals surface area contributed by atoms with E-state index in [9.17, 15) is 19.7 Å². The number of rotatable bonds is 4. The molecule has 0 saturated carbocycles. The fraction of sp³-hybridized carbons (Fsp3) is 0.200. The molecule has 7 heteroatoms. The average molecular weight is 258 g/mol. The van der Waals surface area contributed by atoms with E-state index in [0.29, 0.717) is 5.56 Å². The van der Waals surface area contributed by atoms with Gasteiger partial charge in [0.25, 0.3) is 11.5 Å². The zero-order valence-corrected chi connectivity index (χ0v) is 9.51. The van der Waals surface area contributed by atoms with Gasteiger partial charge >= 0.3 is 5.97 Å². The Balaban J connectivity index is 2.90. The Morgan fingerprint density at radius 3 is 2.29 bits per heavy atom. The Kier molecular flexibility index (Phi) is 4.17. The number of ether oxygens (including phenoxy) is 1. The third-order valence-corrected chi connectivity index (χ3v) is 2.46. The van der Waals surface area contributed by atoms with Gasteiger partial charge in [-0.2, -0.15) is 0 Å². The van der Waals surface area contributed by atoms with Crippen molar-refractivity contribution in [1.82, 2.24) is 0 Å². The number of methoxy groups -OCH3 is 1. The molecule has 0 aliphatic rings. The van der Waals surface area contributed by atoms with Gasteiger partial charge in [0.1, 0.15) is 5.38 Å². The normalized spacial score (nSPS) is 11.6. The minimum absolute atomic E-state index is 0.122. The number of Topliss-reactive ketones (excluding diaryl/α,β-unsaturated/α-hetero) is 1. The summed E-state index contributed by atoms with van der Waals surface area (Å²) in [5, 5.41) is 9.20. The first-order valence-corrected chi connectivity index (χ1v) is 4.91. The molecule has 1 aromatic carbocycles. The van der Waals surface area contributed by atoms with Gasteiger partial charge in [-0.15, -0.1) is 11.6 Å². The number of benzene rings is 1. The van der Waals surface area contributed by atoms with Crippen LogP contribution in [0.1, 0.15) is 10.9 Å². The molecule has 6 nitrogen and oxygen atoms in total. The van der Waals surface area contributed by atoms with Crippen LogP contribution in [0.25, 0.3) is 0 Å². The number of carbonyl (C=O) groups excluding carboxylic acids is 2. The monoisotopic (exact) mass is 257 g/mol. The lowest BCUT2D eigenvalue weighted by Gasteiger charge is -2.06. The van der Waals surface area contributed by atoms with Crippen LogP contribution in [0.15, 0.2) is 24.3 Å². The minimum Gasteiger partial charge on any atom is -0.463 e. The predicted molar refractivity (Wildman–Crippen MR) is 58.7 cm³/mol. The van der Waals surface area contributed by atoms with Crippen LogP contribution in [0.4, 0.5) is 5.69 Å². The van der Waals surface area contributed by atoms with Crippen LogP contribution in [-0.4, -0.2) is 23.8 Å². The number of nitro benzene ring substituents is 1. The molecule has 1 aromatic rings. The van der Waals surface area contributed by atoms with Crippen molar-refractivity contribution in [2.24, 2.45) is 0 Å². The van der Waals surface area contributed by atoms with Crippen molar-refractivity contribution in [3.63, 3.8) is 0 Å². The highest BCUT2D eigenvalue weighted by Crippen LogP contribution is 2.24. The summed E-state index contributed by atoms with van der Waals surface area (Å²) in [6, 6.07) is 5.04. The van der Waals surface area contributed by atoms with Crippen LogP contribution in [0, 0.1) is 10.1 Å². The molecule has 0 radical (unpaired) electrons. The van der Waals surface area contributed by atoms with E-state index in [2.05, 4.69) is 4.74 Å². The highest BCUT2D eigenvalue weighted by molar-refractivity contribution is 6.47. The van der Waals surface area contributed by atoms with E-state index >= 15 is 0 Å². The molecule has 0 saturated heterocycles. The summed E-state index contributed by atoms with van der Waals surface area (Å²) in [5.41, 5.74) is 0.177. The zero-order valence-electron chi connectivity index (χ0n) is 8.75. The number of carbonyl (C=O) groups is 2. The van der Waals surface area contributed by atoms with Gasteiger partial charge in [0.2, 0.25) is 0 Å². The van der Waals surface area contributed by atoms with Gasteiger partial charge in [-0.1, -0.05) is 12.1 Å². The van der Waals surface area contributed by atoms with Crippen LogP contribution in [0.3, 0.4) is 0 Å². The fourth-order valence-corrected chi connectivity index (χ4v) is 1.36. The van der Waals surface area contributed by atoms with Gasteiger partial charge in [0.05, 0.1) is 12.0 Å². The first-order valence-electron chi connectivity index (χ1n) is 4.48. The minimum atomic E-state index is -1.21. The predicted octanol–water partition coefficient (Wildman–Crippen LogP) is 1.62. The number of esters is 1. The summed E-state index contributed by atoms with van der Waals surface area (Å²) in [7, 11) is 1.07. The zero-order chi connectivity index (χ0) is 13.0. The van der Waals surface area contributed by atoms with Gasteiger partial charge in [-0.05, 0) is 5.56 Å². The first-order chi connectivity index (χ1) is 7.97. The second kappa shape index (κ2) is 5.40. The number of hydrogen-bond acceptors (Lipinski definition) is 5. The van der Waals surface area contributed by atoms with E-state index in [1.165, 1.54) is 24.3 Å². The second-order valence-corrected chi connectivity index (χ2v) is 3.50. The number of nitrogens with zero attached hydrogens (tertiary/aromatic N) is 1. The first kappa shape index (κ1) is 13.1. The quantitative estimate of drug-likeness (QED) is 0.269. The summed E-state index contributed by atoms with van der Waals surface area (Å²) in [5.74, 6) is -1.97. The smallest absolute Gasteiger partial charge is 0.376 e. The molecule has 0 spiro atoms. The van der Waals surface area contributed by atoms with Crippen LogP contribution in [0.2, 0.25) is 0 Å². The van der Waals surface area contributed by atoms with Crippen LogP contribution >= 0.6 is 11.6 Å². The summed E-state index contributed by atoms with van der Waals surface area (Å²) in [6.45, 7) is 0. The Labute approximate surface area is 101 Å². The van der Waals surface area contributed by atoms with E-state index in [1.54, 1.807) is 0 Å².